The lowest BCUT2D eigenvalue weighted by Crippen LogP contribution is -2.06. The van der Waals surface area contributed by atoms with E-state index in [0.29, 0.717) is 0 Å². The number of rotatable bonds is 4. The molecule has 0 radical (unpaired) electrons. The highest BCUT2D eigenvalue weighted by Gasteiger charge is 2.22. The molecule has 4 aromatic heterocycles. The highest BCUT2D eigenvalue weighted by Crippen LogP contribution is 2.43. The predicted molar refractivity (Wildman–Crippen MR) is 211 cm³/mol. The van der Waals surface area contributed by atoms with Crippen LogP contribution in [0.3, 0.4) is 0 Å². The van der Waals surface area contributed by atoms with E-state index in [9.17, 15) is 9.60 Å². The van der Waals surface area contributed by atoms with E-state index in [0.717, 1.165) is 15.9 Å². The Bertz CT molecular complexity index is 4630. The first-order chi connectivity index (χ1) is 36.1. The van der Waals surface area contributed by atoms with Gasteiger partial charge in [0.05, 0.1) is 52.2 Å². The molecule has 0 aliphatic rings. The van der Waals surface area contributed by atoms with Gasteiger partial charge in [0.15, 0.2) is 11.6 Å². The maximum absolute atomic E-state index is 9.65. The molecule has 0 fully saturated rings. The van der Waals surface area contributed by atoms with Gasteiger partial charge in [0, 0.05) is 47.3 Å². The minimum absolute atomic E-state index is 0.0523. The number of aromatic nitrogens is 4. The van der Waals surface area contributed by atoms with Gasteiger partial charge in [-0.25, -0.2) is 4.98 Å². The number of para-hydroxylation sites is 3. The van der Waals surface area contributed by atoms with Crippen LogP contribution in [0, 0.1) is 0 Å². The van der Waals surface area contributed by atoms with Gasteiger partial charge in [-0.2, -0.15) is 9.97 Å². The van der Waals surface area contributed by atoms with Crippen LogP contribution >= 0.6 is 11.3 Å². The number of hydrogen-bond acceptors (Lipinski definition) is 5. The Morgan fingerprint density at radius 2 is 1.22 bits per heavy atom. The summed E-state index contributed by atoms with van der Waals surface area (Å²) in [6, 6.07) is -20.9. The lowest BCUT2D eigenvalue weighted by atomic mass is 10.0. The van der Waals surface area contributed by atoms with Gasteiger partial charge in [0.1, 0.15) is 11.2 Å². The fourth-order valence-electron chi connectivity index (χ4n) is 5.90. The molecule has 0 unspecified atom stereocenters. The predicted octanol–water partition coefficient (Wildman–Crippen LogP) is 12.2. The average molecular weight is 697 g/mol. The third-order valence-corrected chi connectivity index (χ3v) is 9.17. The topological polar surface area (TPSA) is 56.7 Å². The molecule has 0 aliphatic heterocycles. The number of hydrogen-bond donors (Lipinski definition) is 0. The van der Waals surface area contributed by atoms with E-state index in [1.54, 1.807) is 0 Å². The quantitative estimate of drug-likeness (QED) is 0.184. The summed E-state index contributed by atoms with van der Waals surface area (Å²) in [5.41, 5.74) is -5.10. The van der Waals surface area contributed by atoms with Crippen LogP contribution in [0.25, 0.3) is 104 Å². The maximum atomic E-state index is 9.65. The lowest BCUT2D eigenvalue weighted by molar-refractivity contribution is 0.669. The van der Waals surface area contributed by atoms with Crippen LogP contribution in [0.4, 0.5) is 0 Å². The van der Waals surface area contributed by atoms with Crippen LogP contribution in [-0.4, -0.2) is 19.5 Å². The molecule has 11 rings (SSSR count). The molecular formula is C45H26N4OS. The number of nitrogens with zero attached hydrogens (tertiary/aromatic N) is 4. The summed E-state index contributed by atoms with van der Waals surface area (Å²) in [6.45, 7) is 0. The molecule has 6 heteroatoms. The first-order valence-corrected chi connectivity index (χ1v) is 15.6. The van der Waals surface area contributed by atoms with Gasteiger partial charge >= 0.3 is 0 Å². The van der Waals surface area contributed by atoms with Gasteiger partial charge in [-0.3, -0.25) is 4.57 Å². The molecule has 0 bridgehead atoms. The van der Waals surface area contributed by atoms with Crippen LogP contribution < -0.4 is 0 Å². The fraction of sp³-hybridized carbons (Fsp3) is 0. The average Bonchev–Trinajstić information content (AvgIpc) is 4.21. The van der Waals surface area contributed by atoms with Crippen molar-refractivity contribution < 1.29 is 40.1 Å². The van der Waals surface area contributed by atoms with Gasteiger partial charge in [0.2, 0.25) is 5.95 Å². The SMILES string of the molecule is [2H]c1c([2H])c([2H])c(-c2c([2H])c([2H])c([2H])c(-c3nc(-c4c([2H])c([2H])c([2H])c5c4oc4c([2H])c([2H])c([2H])c([2H])c45)nc(-n4c5c([2H])c([2H])c([2H])c([2H])c5c5c6sc7c([2H])c([2H])c([2H])c([2H])c7c6c([2H])c([2H])c54)n3)c2[2H])c([2H])c1[2H]. The van der Waals surface area contributed by atoms with Gasteiger partial charge < -0.3 is 4.42 Å². The molecule has 0 N–H and O–H groups in total. The Hall–Kier alpha value is -6.63. The van der Waals surface area contributed by atoms with Crippen LogP contribution in [0.15, 0.2) is 162 Å². The van der Waals surface area contributed by atoms with E-state index in [2.05, 4.69) is 15.0 Å². The summed E-state index contributed by atoms with van der Waals surface area (Å²) in [6.07, 6.45) is 0. The third-order valence-electron chi connectivity index (χ3n) is 8.05. The minimum Gasteiger partial charge on any atom is -0.455 e. The molecule has 51 heavy (non-hydrogen) atoms. The van der Waals surface area contributed by atoms with Crippen molar-refractivity contribution in [2.45, 2.75) is 0 Å². The monoisotopic (exact) mass is 696 g/mol. The van der Waals surface area contributed by atoms with Gasteiger partial charge in [-0.05, 0) is 47.4 Å². The van der Waals surface area contributed by atoms with E-state index in [1.807, 2.05) is 0 Å². The lowest BCUT2D eigenvalue weighted by Gasteiger charge is -2.12. The Kier molecular flexibility index (Phi) is 2.77. The van der Waals surface area contributed by atoms with E-state index in [-0.39, 0.29) is 30.9 Å². The largest absolute Gasteiger partial charge is 0.455 e. The number of furan rings is 1. The molecule has 238 valence electrons. The summed E-state index contributed by atoms with van der Waals surface area (Å²) >= 11 is 0.726. The molecule has 5 nitrogen and oxygen atoms in total. The van der Waals surface area contributed by atoms with E-state index < -0.39 is 230 Å². The van der Waals surface area contributed by atoms with Gasteiger partial charge in [-0.15, -0.1) is 11.3 Å². The summed E-state index contributed by atoms with van der Waals surface area (Å²) in [7, 11) is 0. The van der Waals surface area contributed by atoms with Crippen molar-refractivity contribution in [2.24, 2.45) is 0 Å². The zero-order valence-corrected chi connectivity index (χ0v) is 25.9. The Morgan fingerprint density at radius 3 is 2.14 bits per heavy atom. The van der Waals surface area contributed by atoms with Crippen LogP contribution in [-0.2, 0) is 0 Å². The Balaban J connectivity index is 1.39. The first kappa shape index (κ1) is 12.9. The van der Waals surface area contributed by atoms with E-state index >= 15 is 0 Å². The standard InChI is InChI=1S/C45H26N4OS/c1-2-12-27(13-3-1)28-14-10-15-29(26-28)43-46-44(35-20-11-19-32-30-16-5-8-22-38(30)50-41(32)35)48-45(47-43)49-36-21-7-4-18-34(36)40-37(49)25-24-33-31-17-6-9-23-39(31)51-42(33)40/h1-26H/i1D,2D,3D,4D,5D,6D,7D,8D,9D,10D,11D,12D,13D,14D,15D,16D,17D,18D,19D,20D,21D,22D,23D,24D,25D,26D. The van der Waals surface area contributed by atoms with Crippen molar-refractivity contribution in [3.05, 3.63) is 157 Å². The van der Waals surface area contributed by atoms with Crippen molar-refractivity contribution in [1.29, 1.82) is 0 Å². The van der Waals surface area contributed by atoms with Crippen molar-refractivity contribution in [3.8, 4) is 39.9 Å². The fourth-order valence-corrected chi connectivity index (χ4v) is 7.02. The summed E-state index contributed by atoms with van der Waals surface area (Å²) < 4.78 is 237. The van der Waals surface area contributed by atoms with Crippen LogP contribution in [0.5, 0.6) is 0 Å². The Labute approximate surface area is 332 Å². The van der Waals surface area contributed by atoms with Crippen LogP contribution in [0.1, 0.15) is 35.6 Å². The van der Waals surface area contributed by atoms with Crippen molar-refractivity contribution in [2.75, 3.05) is 0 Å². The zero-order valence-electron chi connectivity index (χ0n) is 51.1. The molecule has 0 spiro atoms. The second-order valence-electron chi connectivity index (χ2n) is 10.8. The maximum Gasteiger partial charge on any atom is 0.238 e. The van der Waals surface area contributed by atoms with Gasteiger partial charge in [0.25, 0.3) is 0 Å². The number of thiophene rings is 1. The van der Waals surface area contributed by atoms with Crippen LogP contribution in [0.2, 0.25) is 0 Å². The summed E-state index contributed by atoms with van der Waals surface area (Å²) in [5.74, 6) is -2.52. The Morgan fingerprint density at radius 1 is 0.510 bits per heavy atom. The smallest absolute Gasteiger partial charge is 0.238 e. The van der Waals surface area contributed by atoms with Gasteiger partial charge in [-0.1, -0.05) is 121 Å². The molecule has 7 aromatic carbocycles. The molecule has 0 saturated heterocycles. The molecule has 0 aliphatic carbocycles. The van der Waals surface area contributed by atoms with E-state index in [4.69, 9.17) is 30.5 Å². The second kappa shape index (κ2) is 10.9. The molecule has 0 atom stereocenters. The van der Waals surface area contributed by atoms with Crippen molar-refractivity contribution >= 4 is 75.3 Å². The number of fused-ring (bicyclic) bond motifs is 10. The zero-order chi connectivity index (χ0) is 56.1. The first-order valence-electron chi connectivity index (χ1n) is 27.8. The molecular weight excluding hydrogens is 645 g/mol. The minimum atomic E-state index is -1.00. The normalized spacial score (nSPS) is 19.1. The molecule has 0 saturated carbocycles. The second-order valence-corrected chi connectivity index (χ2v) is 11.9. The third kappa shape index (κ3) is 4.30. The molecule has 0 amide bonds. The highest BCUT2D eigenvalue weighted by atomic mass is 32.1. The molecule has 4 heterocycles. The summed E-state index contributed by atoms with van der Waals surface area (Å²) in [5, 5.41) is -1.76. The van der Waals surface area contributed by atoms with E-state index in [1.165, 1.54) is 0 Å². The molecule has 11 aromatic rings. The number of benzene rings is 7. The summed E-state index contributed by atoms with van der Waals surface area (Å²) in [4.78, 5) is 13.7. The van der Waals surface area contributed by atoms with Crippen molar-refractivity contribution in [1.82, 2.24) is 19.5 Å². The van der Waals surface area contributed by atoms with Crippen molar-refractivity contribution in [3.63, 3.8) is 0 Å². The highest BCUT2D eigenvalue weighted by molar-refractivity contribution is 7.26.